The van der Waals surface area contributed by atoms with Crippen molar-refractivity contribution < 1.29 is 14.7 Å². The highest BCUT2D eigenvalue weighted by molar-refractivity contribution is 5.81. The van der Waals surface area contributed by atoms with E-state index in [9.17, 15) is 9.59 Å². The van der Waals surface area contributed by atoms with Crippen LogP contribution in [0.3, 0.4) is 0 Å². The number of carbonyl (C=O) groups excluding carboxylic acids is 1. The maximum absolute atomic E-state index is 11.7. The first kappa shape index (κ1) is 10.4. The molecule has 0 bridgehead atoms. The molecular formula is C10H16N2O3. The Hall–Kier alpha value is -1.10. The minimum absolute atomic E-state index is 0.0177. The van der Waals surface area contributed by atoms with Crippen LogP contribution in [0, 0.1) is 5.92 Å². The quantitative estimate of drug-likeness (QED) is 0.669. The Morgan fingerprint density at radius 3 is 2.67 bits per heavy atom. The van der Waals surface area contributed by atoms with E-state index in [1.807, 2.05) is 4.90 Å². The van der Waals surface area contributed by atoms with Crippen molar-refractivity contribution in [1.29, 1.82) is 0 Å². The Morgan fingerprint density at radius 2 is 2.07 bits per heavy atom. The molecule has 1 unspecified atom stereocenters. The van der Waals surface area contributed by atoms with Gasteiger partial charge in [0, 0.05) is 25.0 Å². The maximum Gasteiger partial charge on any atom is 0.317 e. The lowest BCUT2D eigenvalue weighted by Crippen LogP contribution is -2.37. The molecule has 0 aromatic heterocycles. The number of carboxylic acids is 1. The molecule has 1 saturated carbocycles. The second-order valence-electron chi connectivity index (χ2n) is 4.32. The van der Waals surface area contributed by atoms with Crippen LogP contribution in [0.25, 0.3) is 0 Å². The molecule has 5 nitrogen and oxygen atoms in total. The molecule has 2 aliphatic rings. The van der Waals surface area contributed by atoms with E-state index in [-0.39, 0.29) is 24.4 Å². The zero-order valence-corrected chi connectivity index (χ0v) is 8.61. The topological polar surface area (TPSA) is 69.6 Å². The van der Waals surface area contributed by atoms with Crippen LogP contribution in [0.1, 0.15) is 19.3 Å². The van der Waals surface area contributed by atoms with E-state index in [1.54, 1.807) is 0 Å². The predicted octanol–water partition coefficient (Wildman–Crippen LogP) is -0.329. The van der Waals surface area contributed by atoms with Gasteiger partial charge in [0.2, 0.25) is 5.91 Å². The minimum atomic E-state index is -0.845. The summed E-state index contributed by atoms with van der Waals surface area (Å²) in [6.45, 7) is 1.42. The fourth-order valence-electron chi connectivity index (χ4n) is 1.95. The largest absolute Gasteiger partial charge is 0.480 e. The number of carbonyl (C=O) groups is 2. The Bertz CT molecular complexity index is 276. The Balaban J connectivity index is 1.73. The second-order valence-corrected chi connectivity index (χ2v) is 4.32. The fourth-order valence-corrected chi connectivity index (χ4v) is 1.95. The van der Waals surface area contributed by atoms with E-state index >= 15 is 0 Å². The molecular weight excluding hydrogens is 196 g/mol. The molecule has 1 aliphatic heterocycles. The summed E-state index contributed by atoms with van der Waals surface area (Å²) in [5.41, 5.74) is 0. The third-order valence-electron chi connectivity index (χ3n) is 2.97. The van der Waals surface area contributed by atoms with Gasteiger partial charge in [-0.25, -0.2) is 0 Å². The first-order valence-corrected chi connectivity index (χ1v) is 5.41. The lowest BCUT2D eigenvalue weighted by atomic mass is 10.2. The summed E-state index contributed by atoms with van der Waals surface area (Å²) >= 11 is 0. The molecule has 0 aromatic rings. The van der Waals surface area contributed by atoms with Gasteiger partial charge in [0.25, 0.3) is 0 Å². The molecule has 0 spiro atoms. The molecule has 1 heterocycles. The molecule has 1 saturated heterocycles. The Morgan fingerprint density at radius 1 is 1.33 bits per heavy atom. The van der Waals surface area contributed by atoms with E-state index < -0.39 is 5.97 Å². The van der Waals surface area contributed by atoms with Gasteiger partial charge in [-0.15, -0.1) is 0 Å². The van der Waals surface area contributed by atoms with Crippen LogP contribution in [-0.2, 0) is 9.59 Å². The van der Waals surface area contributed by atoms with Crippen molar-refractivity contribution in [3.63, 3.8) is 0 Å². The monoisotopic (exact) mass is 212 g/mol. The molecule has 2 N–H and O–H groups in total. The Kier molecular flexibility index (Phi) is 2.90. The standard InChI is InChI=1S/C10H16N2O3/c13-9(14)5-11-8-3-4-12(6-8)10(15)7-1-2-7/h7-8,11H,1-6H2,(H,13,14). The van der Waals surface area contributed by atoms with Crippen molar-refractivity contribution in [2.45, 2.75) is 25.3 Å². The van der Waals surface area contributed by atoms with Crippen LogP contribution >= 0.6 is 0 Å². The van der Waals surface area contributed by atoms with Gasteiger partial charge in [-0.1, -0.05) is 0 Å². The summed E-state index contributed by atoms with van der Waals surface area (Å²) in [6, 6.07) is 0.156. The number of rotatable bonds is 4. The average molecular weight is 212 g/mol. The minimum Gasteiger partial charge on any atom is -0.480 e. The summed E-state index contributed by atoms with van der Waals surface area (Å²) < 4.78 is 0. The third-order valence-corrected chi connectivity index (χ3v) is 2.97. The molecule has 1 amide bonds. The SMILES string of the molecule is O=C(O)CNC1CCN(C(=O)C2CC2)C1. The zero-order valence-electron chi connectivity index (χ0n) is 8.61. The van der Waals surface area contributed by atoms with E-state index in [1.165, 1.54) is 0 Å². The van der Waals surface area contributed by atoms with E-state index in [0.29, 0.717) is 6.54 Å². The normalized spacial score (nSPS) is 25.6. The van der Waals surface area contributed by atoms with Crippen LogP contribution in [0.5, 0.6) is 0 Å². The lowest BCUT2D eigenvalue weighted by molar-refractivity contribution is -0.136. The third kappa shape index (κ3) is 2.68. The van der Waals surface area contributed by atoms with Crippen molar-refractivity contribution in [2.24, 2.45) is 5.92 Å². The number of likely N-dealkylation sites (tertiary alicyclic amines) is 1. The lowest BCUT2D eigenvalue weighted by Gasteiger charge is -2.16. The van der Waals surface area contributed by atoms with Gasteiger partial charge in [0.1, 0.15) is 0 Å². The highest BCUT2D eigenvalue weighted by Gasteiger charge is 2.36. The van der Waals surface area contributed by atoms with E-state index in [0.717, 1.165) is 25.8 Å². The summed E-state index contributed by atoms with van der Waals surface area (Å²) in [4.78, 5) is 23.9. The molecule has 15 heavy (non-hydrogen) atoms. The molecule has 1 atom stereocenters. The molecule has 0 aromatic carbocycles. The summed E-state index contributed by atoms with van der Waals surface area (Å²) in [7, 11) is 0. The van der Waals surface area contributed by atoms with Gasteiger partial charge < -0.3 is 15.3 Å². The van der Waals surface area contributed by atoms with Crippen molar-refractivity contribution in [3.05, 3.63) is 0 Å². The van der Waals surface area contributed by atoms with Crippen molar-refractivity contribution in [1.82, 2.24) is 10.2 Å². The molecule has 84 valence electrons. The molecule has 0 radical (unpaired) electrons. The Labute approximate surface area is 88.4 Å². The van der Waals surface area contributed by atoms with E-state index in [4.69, 9.17) is 5.11 Å². The van der Waals surface area contributed by atoms with Crippen molar-refractivity contribution in [3.8, 4) is 0 Å². The maximum atomic E-state index is 11.7. The van der Waals surface area contributed by atoms with Crippen LogP contribution in [0.4, 0.5) is 0 Å². The highest BCUT2D eigenvalue weighted by Crippen LogP contribution is 2.32. The van der Waals surface area contributed by atoms with Crippen LogP contribution < -0.4 is 5.32 Å². The van der Waals surface area contributed by atoms with Crippen LogP contribution in [-0.4, -0.2) is 47.6 Å². The van der Waals surface area contributed by atoms with Gasteiger partial charge in [0.05, 0.1) is 6.54 Å². The highest BCUT2D eigenvalue weighted by atomic mass is 16.4. The van der Waals surface area contributed by atoms with E-state index in [2.05, 4.69) is 5.32 Å². The second kappa shape index (κ2) is 4.18. The smallest absolute Gasteiger partial charge is 0.317 e. The predicted molar refractivity (Wildman–Crippen MR) is 53.3 cm³/mol. The van der Waals surface area contributed by atoms with Gasteiger partial charge >= 0.3 is 5.97 Å². The van der Waals surface area contributed by atoms with Crippen LogP contribution in [0.2, 0.25) is 0 Å². The summed E-state index contributed by atoms with van der Waals surface area (Å²) in [5.74, 6) is -0.320. The zero-order chi connectivity index (χ0) is 10.8. The van der Waals surface area contributed by atoms with Gasteiger partial charge in [-0.05, 0) is 19.3 Å². The molecule has 5 heteroatoms. The van der Waals surface area contributed by atoms with Gasteiger partial charge in [0.15, 0.2) is 0 Å². The first-order chi connectivity index (χ1) is 7.16. The summed E-state index contributed by atoms with van der Waals surface area (Å²) in [6.07, 6.45) is 2.93. The number of hydrogen-bond acceptors (Lipinski definition) is 3. The molecule has 2 rings (SSSR count). The number of nitrogens with one attached hydrogen (secondary N) is 1. The van der Waals surface area contributed by atoms with Gasteiger partial charge in [-0.3, -0.25) is 9.59 Å². The number of carboxylic acid groups (broad SMARTS) is 1. The molecule has 2 fully saturated rings. The molecule has 1 aliphatic carbocycles. The van der Waals surface area contributed by atoms with Gasteiger partial charge in [-0.2, -0.15) is 0 Å². The number of hydrogen-bond donors (Lipinski definition) is 2. The van der Waals surface area contributed by atoms with Crippen molar-refractivity contribution in [2.75, 3.05) is 19.6 Å². The summed E-state index contributed by atoms with van der Waals surface area (Å²) in [5, 5.41) is 11.4. The number of aliphatic carboxylic acids is 1. The number of amides is 1. The first-order valence-electron chi connectivity index (χ1n) is 5.41. The number of nitrogens with zero attached hydrogens (tertiary/aromatic N) is 1. The average Bonchev–Trinajstić information content (AvgIpc) is 2.93. The fraction of sp³-hybridized carbons (Fsp3) is 0.800. The van der Waals surface area contributed by atoms with Crippen LogP contribution in [0.15, 0.2) is 0 Å². The van der Waals surface area contributed by atoms with Crippen molar-refractivity contribution >= 4 is 11.9 Å².